The first-order chi connectivity index (χ1) is 37.4. The first-order valence-corrected chi connectivity index (χ1v) is 28.5. The molecule has 0 spiro atoms. The second kappa shape index (κ2) is 47.0. The number of nitrogens with one attached hydrogen (secondary N) is 3. The van der Waals surface area contributed by atoms with E-state index in [-0.39, 0.29) is 108 Å². The molecule has 19 heteroatoms. The third-order valence-corrected chi connectivity index (χ3v) is 13.5. The minimum Gasteiger partial charge on any atom is -0.658 e. The summed E-state index contributed by atoms with van der Waals surface area (Å²) in [5, 5.41) is 19.0. The number of aromatic nitrogens is 1. The number of benzene rings is 3. The third-order valence-electron chi connectivity index (χ3n) is 12.6. The monoisotopic (exact) mass is 1270 g/mol. The number of likely N-dealkylation sites (tertiary alicyclic amines) is 2. The summed E-state index contributed by atoms with van der Waals surface area (Å²) in [7, 11) is 2.00. The molecule has 3 amide bonds. The molecule has 0 saturated carbocycles. The largest absolute Gasteiger partial charge is 0.658 e. The molecule has 0 bridgehead atoms. The molecule has 6 rings (SSSR count). The van der Waals surface area contributed by atoms with Crippen molar-refractivity contribution in [2.24, 2.45) is 22.1 Å². The van der Waals surface area contributed by atoms with Gasteiger partial charge in [0.05, 0.1) is 34.6 Å². The smallest absolute Gasteiger partial charge is 0.251 e. The van der Waals surface area contributed by atoms with Crippen LogP contribution in [-0.4, -0.2) is 118 Å². The molecule has 0 aliphatic carbocycles. The van der Waals surface area contributed by atoms with Gasteiger partial charge in [0, 0.05) is 128 Å². The molecule has 2 radical (unpaired) electrons. The molecular weight excluding hydrogens is 1170 g/mol. The Kier molecular flexibility index (Phi) is 47.4. The molecule has 2 saturated heterocycles. The number of thiazole rings is 1. The molecule has 3 aromatic carbocycles. The minimum absolute atomic E-state index is 0. The number of aliphatic imine (C=N–C) groups is 1. The summed E-state index contributed by atoms with van der Waals surface area (Å²) < 4.78 is 15.7. The maximum absolute atomic E-state index is 13.7. The number of carbonyl (C=O) groups excluding carboxylic acids is 4. The Morgan fingerprint density at radius 1 is 0.899 bits per heavy atom. The van der Waals surface area contributed by atoms with E-state index in [2.05, 4.69) is 83.2 Å². The van der Waals surface area contributed by atoms with Gasteiger partial charge < -0.3 is 46.7 Å². The average molecular weight is 1270 g/mol. The number of alkyl halides is 1. The van der Waals surface area contributed by atoms with Crippen molar-refractivity contribution in [3.05, 3.63) is 93.6 Å². The van der Waals surface area contributed by atoms with Crippen LogP contribution in [0.5, 0.6) is 5.75 Å². The van der Waals surface area contributed by atoms with Crippen LogP contribution in [0.25, 0.3) is 21.1 Å². The first-order valence-electron chi connectivity index (χ1n) is 27.7. The van der Waals surface area contributed by atoms with Crippen molar-refractivity contribution in [1.82, 2.24) is 25.4 Å². The van der Waals surface area contributed by atoms with Crippen LogP contribution in [0.2, 0.25) is 0 Å². The number of aryl methyl sites for hydroxylation is 1. The number of amides is 3. The van der Waals surface area contributed by atoms with Crippen molar-refractivity contribution in [3.63, 3.8) is 0 Å². The van der Waals surface area contributed by atoms with E-state index in [4.69, 9.17) is 14.8 Å². The Morgan fingerprint density at radius 3 is 2.13 bits per heavy atom. The second-order valence-corrected chi connectivity index (χ2v) is 19.2. The van der Waals surface area contributed by atoms with Gasteiger partial charge in [-0.15, -0.1) is 29.3 Å². The minimum atomic E-state index is -0.477. The van der Waals surface area contributed by atoms with E-state index in [0.717, 1.165) is 96.2 Å². The normalized spacial score (nSPS) is 14.3. The molecule has 2 fully saturated rings. The SMILES string of the molecule is C=Nc1cc([N-]c2ccc(C(=O)NCCCC[N-]COc3cc(-c4scnc4C)ccc3CNC(=O)C3CCCN3C(=O)C(CCC)C(C)(C)C)cc2)ccc1NCCN1CCCC1C.C=O.CC.CC.CC.CF.CN.[Y].[Y]. The van der Waals surface area contributed by atoms with E-state index < -0.39 is 6.04 Å². The van der Waals surface area contributed by atoms with Crippen molar-refractivity contribution < 1.29 is 93.7 Å². The second-order valence-electron chi connectivity index (χ2n) is 18.4. The summed E-state index contributed by atoms with van der Waals surface area (Å²) in [6.07, 6.45) is 7.27. The molecule has 2 aliphatic heterocycles. The first kappa shape index (κ1) is 79.7. The van der Waals surface area contributed by atoms with Gasteiger partial charge in [-0.1, -0.05) is 125 Å². The van der Waals surface area contributed by atoms with Crippen molar-refractivity contribution in [2.45, 2.75) is 153 Å². The quantitative estimate of drug-likeness (QED) is 0.0412. The molecule has 2 aliphatic rings. The molecule has 438 valence electrons. The zero-order valence-electron chi connectivity index (χ0n) is 50.6. The fourth-order valence-electron chi connectivity index (χ4n) is 8.77. The van der Waals surface area contributed by atoms with Crippen molar-refractivity contribution in [2.75, 3.05) is 65.5 Å². The number of hydrogen-bond acceptors (Lipinski definition) is 11. The van der Waals surface area contributed by atoms with Gasteiger partial charge in [-0.3, -0.25) is 28.7 Å². The number of carbonyl (C=O) groups is 4. The van der Waals surface area contributed by atoms with Gasteiger partial charge in [0.15, 0.2) is 0 Å². The fourth-order valence-corrected chi connectivity index (χ4v) is 9.57. The molecular formula is C60H97FN10O5SY2-2. The van der Waals surface area contributed by atoms with Gasteiger partial charge >= 0.3 is 0 Å². The predicted molar refractivity (Wildman–Crippen MR) is 324 cm³/mol. The van der Waals surface area contributed by atoms with Crippen LogP contribution in [-0.2, 0) is 86.3 Å². The van der Waals surface area contributed by atoms with Crippen LogP contribution < -0.4 is 26.4 Å². The van der Waals surface area contributed by atoms with Crippen LogP contribution in [0.15, 0.2) is 71.2 Å². The Balaban J connectivity index is -0.00000386. The standard InChI is InChI=1S/C51H70N9O4S.3C2H6.CH3F.CH5N.CH2O.2Y/c1-8-13-42(51(4,5)6)50(63)60-28-12-15-45(60)49(62)56-32-39-17-16-38(47-36(3)57-34-65-47)30-46(39)64-33-53-24-9-10-25-55-48(61)37-18-20-40(21-19-37)58-41-22-23-43(44(31-41)52-7)54-26-29-59-27-11-14-35(59)2;6*1-2;;/h16-23,30-31,34-35,42,45,54H,7-15,24-29,32-33H2,1-6H3,(H3,55,56,58,61,62);3*1-2H3;1H3;2H2,1H3;1H2;;/q-1;;;;;;;;/p-1. The summed E-state index contributed by atoms with van der Waals surface area (Å²) in [6.45, 7) is 35.6. The summed E-state index contributed by atoms with van der Waals surface area (Å²) >= 11 is 1.57. The van der Waals surface area contributed by atoms with Gasteiger partial charge in [0.25, 0.3) is 5.91 Å². The third kappa shape index (κ3) is 27.4. The summed E-state index contributed by atoms with van der Waals surface area (Å²) in [5.74, 6) is 0.321. The summed E-state index contributed by atoms with van der Waals surface area (Å²) in [5.41, 5.74) is 12.7. The zero-order chi connectivity index (χ0) is 58.3. The molecule has 3 heterocycles. The maximum atomic E-state index is 13.7. The van der Waals surface area contributed by atoms with Crippen molar-refractivity contribution >= 4 is 65.3 Å². The Hall–Kier alpha value is -3.54. The van der Waals surface area contributed by atoms with E-state index in [1.54, 1.807) is 28.4 Å². The van der Waals surface area contributed by atoms with E-state index in [1.165, 1.54) is 19.9 Å². The molecule has 1 aromatic heterocycles. The predicted octanol–water partition coefficient (Wildman–Crippen LogP) is 13.7. The van der Waals surface area contributed by atoms with Gasteiger partial charge in [-0.25, -0.2) is 4.98 Å². The summed E-state index contributed by atoms with van der Waals surface area (Å²) in [6, 6.07) is 19.3. The number of nitrogens with zero attached hydrogens (tertiary/aromatic N) is 6. The Bertz CT molecular complexity index is 2250. The molecule has 5 N–H and O–H groups in total. The number of anilines is 1. The van der Waals surface area contributed by atoms with Gasteiger partial charge in [0.1, 0.15) is 18.6 Å². The molecule has 3 atom stereocenters. The number of nitrogens with two attached hydrogens (primary N) is 1. The Labute approximate surface area is 530 Å². The van der Waals surface area contributed by atoms with E-state index >= 15 is 0 Å². The number of rotatable bonds is 23. The molecule has 3 unspecified atom stereocenters. The van der Waals surface area contributed by atoms with Gasteiger partial charge in [-0.05, 0) is 102 Å². The average Bonchev–Trinajstić information content (AvgIpc) is 4.25. The summed E-state index contributed by atoms with van der Waals surface area (Å²) in [4.78, 5) is 62.3. The van der Waals surface area contributed by atoms with Crippen molar-refractivity contribution in [3.8, 4) is 16.2 Å². The van der Waals surface area contributed by atoms with E-state index in [0.29, 0.717) is 50.6 Å². The maximum Gasteiger partial charge on any atom is 0.251 e. The number of hydrogen-bond donors (Lipinski definition) is 4. The number of halogens is 1. The zero-order valence-corrected chi connectivity index (χ0v) is 57.0. The molecule has 79 heavy (non-hydrogen) atoms. The van der Waals surface area contributed by atoms with Crippen LogP contribution in [0, 0.1) is 18.3 Å². The molecule has 4 aromatic rings. The topological polar surface area (TPSA) is 200 Å². The number of unbranched alkanes of at least 4 members (excludes halogenated alkanes) is 1. The molecule has 15 nitrogen and oxygen atoms in total. The number of ether oxygens (including phenoxy) is 1. The fraction of sp³-hybridized carbons (Fsp3) is 0.567. The van der Waals surface area contributed by atoms with E-state index in [1.807, 2.05) is 109 Å². The Morgan fingerprint density at radius 2 is 1.54 bits per heavy atom. The van der Waals surface area contributed by atoms with Crippen LogP contribution >= 0.6 is 11.3 Å². The van der Waals surface area contributed by atoms with E-state index in [9.17, 15) is 18.8 Å². The van der Waals surface area contributed by atoms with Crippen molar-refractivity contribution in [1.29, 1.82) is 0 Å². The van der Waals surface area contributed by atoms with Crippen LogP contribution in [0.4, 0.5) is 27.1 Å². The van der Waals surface area contributed by atoms with Crippen LogP contribution in [0.3, 0.4) is 0 Å². The van der Waals surface area contributed by atoms with Gasteiger partial charge in [-0.2, -0.15) is 0 Å². The van der Waals surface area contributed by atoms with Gasteiger partial charge in [0.2, 0.25) is 11.8 Å². The van der Waals surface area contributed by atoms with Crippen LogP contribution in [0.1, 0.15) is 149 Å².